The smallest absolute Gasteiger partial charge is 0.168 e. The third kappa shape index (κ3) is 1.94. The molecule has 2 aromatic rings. The Morgan fingerprint density at radius 3 is 2.95 bits per heavy atom. The largest absolute Gasteiger partial charge is 0.504 e. The summed E-state index contributed by atoms with van der Waals surface area (Å²) in [6.45, 7) is 1.44. The summed E-state index contributed by atoms with van der Waals surface area (Å²) < 4.78 is 1.99. The van der Waals surface area contributed by atoms with Crippen LogP contribution in [0.15, 0.2) is 18.2 Å². The second-order valence-corrected chi connectivity index (χ2v) is 4.86. The van der Waals surface area contributed by atoms with Crippen LogP contribution in [0.25, 0.3) is 11.4 Å². The number of phenolic OH excluding ortho intramolecular Hbond substituents is 2. The Morgan fingerprint density at radius 1 is 1.32 bits per heavy atom. The summed E-state index contributed by atoms with van der Waals surface area (Å²) in [5, 5.41) is 27.8. The number of hydrogen-bond donors (Lipinski definition) is 3. The summed E-state index contributed by atoms with van der Waals surface area (Å²) in [5.74, 6) is 1.63. The first-order valence-electron chi connectivity index (χ1n) is 6.34. The predicted octanol–water partition coefficient (Wildman–Crippen LogP) is 0.877. The predicted molar refractivity (Wildman–Crippen MR) is 69.7 cm³/mol. The third-order valence-corrected chi connectivity index (χ3v) is 3.65. The number of rotatable bonds is 2. The Bertz CT molecular complexity index is 609. The molecule has 2 heterocycles. The molecular weight excluding hydrogens is 244 g/mol. The zero-order valence-electron chi connectivity index (χ0n) is 10.5. The topological polar surface area (TPSA) is 97.2 Å². The summed E-state index contributed by atoms with van der Waals surface area (Å²) in [4.78, 5) is 0. The number of nitrogens with zero attached hydrogens (tertiary/aromatic N) is 3. The SMILES string of the molecule is NCC1CCn2c(nnc2-c2cccc(O)c2O)C1. The van der Waals surface area contributed by atoms with Crippen molar-refractivity contribution >= 4 is 0 Å². The Labute approximate surface area is 110 Å². The Balaban J connectivity index is 2.04. The van der Waals surface area contributed by atoms with Gasteiger partial charge in [0.15, 0.2) is 17.3 Å². The average Bonchev–Trinajstić information content (AvgIpc) is 2.84. The minimum atomic E-state index is -0.154. The number of phenols is 2. The van der Waals surface area contributed by atoms with Gasteiger partial charge in [0.25, 0.3) is 0 Å². The van der Waals surface area contributed by atoms with Crippen molar-refractivity contribution in [2.45, 2.75) is 19.4 Å². The molecule has 1 aromatic carbocycles. The van der Waals surface area contributed by atoms with E-state index in [-0.39, 0.29) is 11.5 Å². The van der Waals surface area contributed by atoms with Crippen LogP contribution in [-0.2, 0) is 13.0 Å². The average molecular weight is 260 g/mol. The van der Waals surface area contributed by atoms with Crippen molar-refractivity contribution in [3.63, 3.8) is 0 Å². The van der Waals surface area contributed by atoms with Gasteiger partial charge in [0.2, 0.25) is 0 Å². The highest BCUT2D eigenvalue weighted by Gasteiger charge is 2.24. The molecule has 6 heteroatoms. The van der Waals surface area contributed by atoms with Gasteiger partial charge >= 0.3 is 0 Å². The maximum absolute atomic E-state index is 9.92. The maximum atomic E-state index is 9.92. The highest BCUT2D eigenvalue weighted by Crippen LogP contribution is 2.36. The summed E-state index contributed by atoms with van der Waals surface area (Å²) >= 11 is 0. The van der Waals surface area contributed by atoms with E-state index < -0.39 is 0 Å². The van der Waals surface area contributed by atoms with Crippen molar-refractivity contribution in [1.29, 1.82) is 0 Å². The van der Waals surface area contributed by atoms with Gasteiger partial charge in [-0.05, 0) is 31.0 Å². The molecule has 0 bridgehead atoms. The van der Waals surface area contributed by atoms with Gasteiger partial charge in [-0.25, -0.2) is 0 Å². The molecule has 100 valence electrons. The minimum Gasteiger partial charge on any atom is -0.504 e. The van der Waals surface area contributed by atoms with Crippen LogP contribution in [0.5, 0.6) is 11.5 Å². The van der Waals surface area contributed by atoms with Crippen molar-refractivity contribution in [2.75, 3.05) is 6.54 Å². The van der Waals surface area contributed by atoms with Gasteiger partial charge in [-0.15, -0.1) is 10.2 Å². The van der Waals surface area contributed by atoms with Crippen molar-refractivity contribution in [3.8, 4) is 22.9 Å². The third-order valence-electron chi connectivity index (χ3n) is 3.65. The highest BCUT2D eigenvalue weighted by molar-refractivity contribution is 5.68. The van der Waals surface area contributed by atoms with E-state index in [0.29, 0.717) is 23.9 Å². The molecule has 0 spiro atoms. The van der Waals surface area contributed by atoms with Crippen molar-refractivity contribution in [2.24, 2.45) is 11.7 Å². The molecule has 19 heavy (non-hydrogen) atoms. The van der Waals surface area contributed by atoms with Gasteiger partial charge in [0.05, 0.1) is 5.56 Å². The van der Waals surface area contributed by atoms with Gasteiger partial charge in [-0.1, -0.05) is 6.07 Å². The molecule has 0 saturated carbocycles. The van der Waals surface area contributed by atoms with E-state index in [1.807, 2.05) is 4.57 Å². The van der Waals surface area contributed by atoms with Gasteiger partial charge in [0, 0.05) is 13.0 Å². The molecule has 1 aromatic heterocycles. The number of nitrogens with two attached hydrogens (primary N) is 1. The second kappa shape index (κ2) is 4.55. The van der Waals surface area contributed by atoms with E-state index in [4.69, 9.17) is 5.73 Å². The summed E-state index contributed by atoms with van der Waals surface area (Å²) in [5.41, 5.74) is 6.20. The Hall–Kier alpha value is -2.08. The molecule has 6 nitrogen and oxygen atoms in total. The van der Waals surface area contributed by atoms with Crippen LogP contribution >= 0.6 is 0 Å². The standard InChI is InChI=1S/C13H16N4O2/c14-7-8-4-5-17-11(6-8)15-16-13(17)9-2-1-3-10(18)12(9)19/h1-3,8,18-19H,4-7,14H2. The molecule has 0 fully saturated rings. The maximum Gasteiger partial charge on any atom is 0.168 e. The lowest BCUT2D eigenvalue weighted by molar-refractivity contribution is 0.389. The van der Waals surface area contributed by atoms with Crippen LogP contribution in [0.2, 0.25) is 0 Å². The van der Waals surface area contributed by atoms with Crippen molar-refractivity contribution in [1.82, 2.24) is 14.8 Å². The summed E-state index contributed by atoms with van der Waals surface area (Å²) in [6, 6.07) is 4.84. The molecule has 1 aliphatic rings. The van der Waals surface area contributed by atoms with Crippen LogP contribution in [0, 0.1) is 5.92 Å². The fourth-order valence-electron chi connectivity index (χ4n) is 2.51. The Morgan fingerprint density at radius 2 is 2.16 bits per heavy atom. The summed E-state index contributed by atoms with van der Waals surface area (Å²) in [7, 11) is 0. The molecule has 0 aliphatic carbocycles. The van der Waals surface area contributed by atoms with E-state index in [1.54, 1.807) is 12.1 Å². The number of aromatic nitrogens is 3. The lowest BCUT2D eigenvalue weighted by Gasteiger charge is -2.22. The zero-order chi connectivity index (χ0) is 13.4. The zero-order valence-corrected chi connectivity index (χ0v) is 10.5. The number of fused-ring (bicyclic) bond motifs is 1. The van der Waals surface area contributed by atoms with Crippen molar-refractivity contribution < 1.29 is 10.2 Å². The van der Waals surface area contributed by atoms with Gasteiger partial charge < -0.3 is 20.5 Å². The lowest BCUT2D eigenvalue weighted by Crippen LogP contribution is -2.25. The molecule has 1 aliphatic heterocycles. The van der Waals surface area contributed by atoms with Crippen LogP contribution < -0.4 is 5.73 Å². The first-order chi connectivity index (χ1) is 9.20. The molecule has 3 rings (SSSR count). The molecule has 4 N–H and O–H groups in total. The molecular formula is C13H16N4O2. The fraction of sp³-hybridized carbons (Fsp3) is 0.385. The van der Waals surface area contributed by atoms with Gasteiger partial charge in [-0.2, -0.15) is 0 Å². The van der Waals surface area contributed by atoms with Crippen LogP contribution in [0.3, 0.4) is 0 Å². The van der Waals surface area contributed by atoms with Gasteiger partial charge in [-0.3, -0.25) is 0 Å². The second-order valence-electron chi connectivity index (χ2n) is 4.86. The quantitative estimate of drug-likeness (QED) is 0.696. The van der Waals surface area contributed by atoms with E-state index in [2.05, 4.69) is 10.2 Å². The number of benzene rings is 1. The highest BCUT2D eigenvalue weighted by atomic mass is 16.3. The Kier molecular flexibility index (Phi) is 2.87. The normalized spacial score (nSPS) is 18.3. The molecule has 1 atom stereocenters. The molecule has 0 radical (unpaired) electrons. The first kappa shape index (κ1) is 12.0. The van der Waals surface area contributed by atoms with Crippen LogP contribution in [-0.4, -0.2) is 31.5 Å². The van der Waals surface area contributed by atoms with E-state index in [1.165, 1.54) is 6.07 Å². The van der Waals surface area contributed by atoms with E-state index >= 15 is 0 Å². The van der Waals surface area contributed by atoms with E-state index in [0.717, 1.165) is 25.2 Å². The lowest BCUT2D eigenvalue weighted by atomic mass is 9.98. The number of para-hydroxylation sites is 1. The molecule has 0 amide bonds. The number of aromatic hydroxyl groups is 2. The van der Waals surface area contributed by atoms with Crippen LogP contribution in [0.1, 0.15) is 12.2 Å². The fourth-order valence-corrected chi connectivity index (χ4v) is 2.51. The van der Waals surface area contributed by atoms with Gasteiger partial charge in [0.1, 0.15) is 5.82 Å². The first-order valence-corrected chi connectivity index (χ1v) is 6.34. The van der Waals surface area contributed by atoms with E-state index in [9.17, 15) is 10.2 Å². The van der Waals surface area contributed by atoms with Crippen LogP contribution in [0.4, 0.5) is 0 Å². The summed E-state index contributed by atoms with van der Waals surface area (Å²) in [6.07, 6.45) is 1.79. The van der Waals surface area contributed by atoms with Crippen molar-refractivity contribution in [3.05, 3.63) is 24.0 Å². The molecule has 0 saturated heterocycles. The minimum absolute atomic E-state index is 0.148. The molecule has 1 unspecified atom stereocenters. The monoisotopic (exact) mass is 260 g/mol. The number of hydrogen-bond acceptors (Lipinski definition) is 5.